The minimum absolute atomic E-state index is 0.638. The molecule has 1 aliphatic carbocycles. The predicted octanol–water partition coefficient (Wildman–Crippen LogP) is 2.99. The third-order valence-corrected chi connectivity index (χ3v) is 2.96. The van der Waals surface area contributed by atoms with Crippen molar-refractivity contribution in [1.82, 2.24) is 4.98 Å². The van der Waals surface area contributed by atoms with Gasteiger partial charge in [-0.3, -0.25) is 0 Å². The standard InChI is InChI=1S/C12H18N2/c1-9-3-4-11(7-9)14-12-8-10(2)5-6-13-12/h5-6,8-9,11H,3-4,7H2,1-2H3,(H,13,14). The van der Waals surface area contributed by atoms with E-state index in [-0.39, 0.29) is 0 Å². The van der Waals surface area contributed by atoms with Gasteiger partial charge in [0.1, 0.15) is 5.82 Å². The molecule has 1 aromatic heterocycles. The maximum Gasteiger partial charge on any atom is 0.126 e. The molecule has 0 aliphatic heterocycles. The highest BCUT2D eigenvalue weighted by molar-refractivity contribution is 5.38. The van der Waals surface area contributed by atoms with Gasteiger partial charge in [0.15, 0.2) is 0 Å². The van der Waals surface area contributed by atoms with Crippen LogP contribution in [0.15, 0.2) is 18.3 Å². The molecule has 0 spiro atoms. The van der Waals surface area contributed by atoms with Gasteiger partial charge in [0, 0.05) is 12.2 Å². The third kappa shape index (κ3) is 2.25. The Bertz CT molecular complexity index is 309. The molecule has 2 atom stereocenters. The minimum Gasteiger partial charge on any atom is -0.367 e. The van der Waals surface area contributed by atoms with Crippen LogP contribution in [0.4, 0.5) is 5.82 Å². The summed E-state index contributed by atoms with van der Waals surface area (Å²) in [6.45, 7) is 4.43. The molecule has 14 heavy (non-hydrogen) atoms. The number of pyridine rings is 1. The summed E-state index contributed by atoms with van der Waals surface area (Å²) < 4.78 is 0. The van der Waals surface area contributed by atoms with E-state index in [1.807, 2.05) is 12.3 Å². The van der Waals surface area contributed by atoms with Crippen molar-refractivity contribution in [3.8, 4) is 0 Å². The summed E-state index contributed by atoms with van der Waals surface area (Å²) in [5.74, 6) is 1.90. The average molecular weight is 190 g/mol. The summed E-state index contributed by atoms with van der Waals surface area (Å²) in [4.78, 5) is 4.32. The maximum absolute atomic E-state index is 4.32. The Hall–Kier alpha value is -1.05. The van der Waals surface area contributed by atoms with Gasteiger partial charge in [0.2, 0.25) is 0 Å². The minimum atomic E-state index is 0.638. The molecule has 0 saturated heterocycles. The zero-order chi connectivity index (χ0) is 9.97. The van der Waals surface area contributed by atoms with Crippen molar-refractivity contribution in [1.29, 1.82) is 0 Å². The Morgan fingerprint density at radius 3 is 2.93 bits per heavy atom. The smallest absolute Gasteiger partial charge is 0.126 e. The highest BCUT2D eigenvalue weighted by Gasteiger charge is 2.20. The Morgan fingerprint density at radius 1 is 1.43 bits per heavy atom. The first-order valence-electron chi connectivity index (χ1n) is 5.43. The molecule has 0 radical (unpaired) electrons. The number of nitrogens with zero attached hydrogens (tertiary/aromatic N) is 1. The summed E-state index contributed by atoms with van der Waals surface area (Å²) in [6, 6.07) is 4.78. The fourth-order valence-corrected chi connectivity index (χ4v) is 2.16. The number of nitrogens with one attached hydrogen (secondary N) is 1. The maximum atomic E-state index is 4.32. The van der Waals surface area contributed by atoms with E-state index in [2.05, 4.69) is 30.2 Å². The molecule has 1 aromatic rings. The van der Waals surface area contributed by atoms with E-state index in [0.29, 0.717) is 6.04 Å². The number of anilines is 1. The first-order valence-corrected chi connectivity index (χ1v) is 5.43. The summed E-state index contributed by atoms with van der Waals surface area (Å²) in [7, 11) is 0. The lowest BCUT2D eigenvalue weighted by atomic mass is 10.1. The van der Waals surface area contributed by atoms with Crippen molar-refractivity contribution in [2.75, 3.05) is 5.32 Å². The van der Waals surface area contributed by atoms with Crippen LogP contribution in [0.3, 0.4) is 0 Å². The van der Waals surface area contributed by atoms with Crippen LogP contribution in [0.2, 0.25) is 0 Å². The van der Waals surface area contributed by atoms with Crippen LogP contribution in [0, 0.1) is 12.8 Å². The van der Waals surface area contributed by atoms with Crippen molar-refractivity contribution >= 4 is 5.82 Å². The van der Waals surface area contributed by atoms with Crippen LogP contribution in [-0.4, -0.2) is 11.0 Å². The lowest BCUT2D eigenvalue weighted by Gasteiger charge is -2.13. The van der Waals surface area contributed by atoms with Crippen LogP contribution >= 0.6 is 0 Å². The van der Waals surface area contributed by atoms with Crippen molar-refractivity contribution in [3.05, 3.63) is 23.9 Å². The molecular formula is C12H18N2. The molecule has 2 heteroatoms. The summed E-state index contributed by atoms with van der Waals surface area (Å²) >= 11 is 0. The van der Waals surface area contributed by atoms with Crippen molar-refractivity contribution < 1.29 is 0 Å². The Balaban J connectivity index is 1.97. The lowest BCUT2D eigenvalue weighted by molar-refractivity contribution is 0.602. The molecule has 1 heterocycles. The number of rotatable bonds is 2. The molecule has 2 rings (SSSR count). The molecule has 0 bridgehead atoms. The fraction of sp³-hybridized carbons (Fsp3) is 0.583. The summed E-state index contributed by atoms with van der Waals surface area (Å²) in [6.07, 6.45) is 5.80. The molecule has 76 valence electrons. The van der Waals surface area contributed by atoms with E-state index in [4.69, 9.17) is 0 Å². The number of aromatic nitrogens is 1. The molecule has 1 aliphatic rings. The molecule has 2 nitrogen and oxygen atoms in total. The van der Waals surface area contributed by atoms with Gasteiger partial charge in [-0.2, -0.15) is 0 Å². The topological polar surface area (TPSA) is 24.9 Å². The molecular weight excluding hydrogens is 172 g/mol. The fourth-order valence-electron chi connectivity index (χ4n) is 2.16. The molecule has 1 fully saturated rings. The first-order chi connectivity index (χ1) is 6.74. The van der Waals surface area contributed by atoms with Gasteiger partial charge < -0.3 is 5.32 Å². The zero-order valence-corrected chi connectivity index (χ0v) is 8.96. The second-order valence-electron chi connectivity index (χ2n) is 4.48. The van der Waals surface area contributed by atoms with Crippen molar-refractivity contribution in [2.45, 2.75) is 39.2 Å². The number of hydrogen-bond donors (Lipinski definition) is 1. The van der Waals surface area contributed by atoms with Crippen LogP contribution in [0.1, 0.15) is 31.7 Å². The predicted molar refractivity (Wildman–Crippen MR) is 59.4 cm³/mol. The SMILES string of the molecule is Cc1ccnc(NC2CCC(C)C2)c1. The van der Waals surface area contributed by atoms with Gasteiger partial charge in [0.25, 0.3) is 0 Å². The summed E-state index contributed by atoms with van der Waals surface area (Å²) in [5, 5.41) is 3.50. The monoisotopic (exact) mass is 190 g/mol. The normalized spacial score (nSPS) is 26.4. The van der Waals surface area contributed by atoms with E-state index in [0.717, 1.165) is 11.7 Å². The average Bonchev–Trinajstić information content (AvgIpc) is 2.51. The van der Waals surface area contributed by atoms with Gasteiger partial charge in [-0.25, -0.2) is 4.98 Å². The van der Waals surface area contributed by atoms with E-state index in [1.165, 1.54) is 24.8 Å². The van der Waals surface area contributed by atoms with Gasteiger partial charge >= 0.3 is 0 Å². The van der Waals surface area contributed by atoms with Crippen LogP contribution < -0.4 is 5.32 Å². The Kier molecular flexibility index (Phi) is 2.71. The first kappa shape index (κ1) is 9.50. The molecule has 0 amide bonds. The van der Waals surface area contributed by atoms with E-state index < -0.39 is 0 Å². The highest BCUT2D eigenvalue weighted by atomic mass is 15.0. The van der Waals surface area contributed by atoms with Crippen LogP contribution in [-0.2, 0) is 0 Å². The lowest BCUT2D eigenvalue weighted by Crippen LogP contribution is -2.16. The van der Waals surface area contributed by atoms with E-state index >= 15 is 0 Å². The van der Waals surface area contributed by atoms with Crippen LogP contribution in [0.5, 0.6) is 0 Å². The molecule has 2 unspecified atom stereocenters. The number of aryl methyl sites for hydroxylation is 1. The van der Waals surface area contributed by atoms with Crippen LogP contribution in [0.25, 0.3) is 0 Å². The van der Waals surface area contributed by atoms with Crippen molar-refractivity contribution in [3.63, 3.8) is 0 Å². The third-order valence-electron chi connectivity index (χ3n) is 2.96. The Morgan fingerprint density at radius 2 is 2.29 bits per heavy atom. The zero-order valence-electron chi connectivity index (χ0n) is 8.96. The van der Waals surface area contributed by atoms with E-state index in [1.54, 1.807) is 0 Å². The quantitative estimate of drug-likeness (QED) is 0.775. The molecule has 1 N–H and O–H groups in total. The molecule has 1 saturated carbocycles. The largest absolute Gasteiger partial charge is 0.367 e. The highest BCUT2D eigenvalue weighted by Crippen LogP contribution is 2.26. The second-order valence-corrected chi connectivity index (χ2v) is 4.48. The number of hydrogen-bond acceptors (Lipinski definition) is 2. The van der Waals surface area contributed by atoms with E-state index in [9.17, 15) is 0 Å². The van der Waals surface area contributed by atoms with Crippen molar-refractivity contribution in [2.24, 2.45) is 5.92 Å². The van der Waals surface area contributed by atoms with Gasteiger partial charge in [-0.05, 0) is 49.8 Å². The Labute approximate surface area is 85.7 Å². The summed E-state index contributed by atoms with van der Waals surface area (Å²) in [5.41, 5.74) is 1.27. The van der Waals surface area contributed by atoms with Gasteiger partial charge in [-0.1, -0.05) is 6.92 Å². The molecule has 0 aromatic carbocycles. The van der Waals surface area contributed by atoms with Gasteiger partial charge in [0.05, 0.1) is 0 Å². The van der Waals surface area contributed by atoms with Gasteiger partial charge in [-0.15, -0.1) is 0 Å². The second kappa shape index (κ2) is 3.99.